The maximum atomic E-state index is 12.9. The van der Waals surface area contributed by atoms with Crippen LogP contribution in [-0.4, -0.2) is 18.0 Å². The van der Waals surface area contributed by atoms with Gasteiger partial charge in [-0.1, -0.05) is 36.4 Å². The van der Waals surface area contributed by atoms with Gasteiger partial charge >= 0.3 is 0 Å². The molecular formula is C23H16N2O3S. The van der Waals surface area contributed by atoms with Gasteiger partial charge < -0.3 is 14.5 Å². The van der Waals surface area contributed by atoms with Crippen LogP contribution in [0.15, 0.2) is 77.2 Å². The summed E-state index contributed by atoms with van der Waals surface area (Å²) in [4.78, 5) is 17.6. The maximum Gasteiger partial charge on any atom is 0.291 e. The Bertz CT molecular complexity index is 1320. The van der Waals surface area contributed by atoms with Crippen molar-refractivity contribution in [2.75, 3.05) is 12.4 Å². The zero-order chi connectivity index (χ0) is 19.8. The minimum absolute atomic E-state index is 0.226. The number of anilines is 1. The molecule has 3 aromatic carbocycles. The Morgan fingerprint density at radius 3 is 2.72 bits per heavy atom. The van der Waals surface area contributed by atoms with Crippen molar-refractivity contribution >= 4 is 44.1 Å². The predicted octanol–water partition coefficient (Wildman–Crippen LogP) is 5.97. The molecule has 0 saturated heterocycles. The van der Waals surface area contributed by atoms with Gasteiger partial charge in [-0.15, -0.1) is 11.3 Å². The standard InChI is InChI=1S/C23H16N2O3S/c1-27-18-11-6-7-14-13-19(28-21(14)18)22(26)24-16-9-3-2-8-15(16)23-25-17-10-4-5-12-20(17)29-23/h2-13H,1H3,(H,24,26). The van der Waals surface area contributed by atoms with Crippen molar-refractivity contribution in [1.29, 1.82) is 0 Å². The number of carbonyl (C=O) groups is 1. The molecule has 0 saturated carbocycles. The van der Waals surface area contributed by atoms with E-state index in [4.69, 9.17) is 14.1 Å². The van der Waals surface area contributed by atoms with Crippen LogP contribution in [0.5, 0.6) is 5.75 Å². The summed E-state index contributed by atoms with van der Waals surface area (Å²) in [6.07, 6.45) is 0. The van der Waals surface area contributed by atoms with Gasteiger partial charge in [0.05, 0.1) is 23.0 Å². The minimum atomic E-state index is -0.322. The van der Waals surface area contributed by atoms with Gasteiger partial charge in [-0.25, -0.2) is 4.98 Å². The molecule has 1 N–H and O–H groups in total. The third-order valence-corrected chi connectivity index (χ3v) is 5.72. The van der Waals surface area contributed by atoms with Crippen LogP contribution in [0.2, 0.25) is 0 Å². The lowest BCUT2D eigenvalue weighted by atomic mass is 10.2. The molecule has 5 nitrogen and oxygen atoms in total. The first-order chi connectivity index (χ1) is 14.2. The highest BCUT2D eigenvalue weighted by Crippen LogP contribution is 2.35. The molecule has 2 aromatic heterocycles. The average Bonchev–Trinajstić information content (AvgIpc) is 3.38. The second-order valence-corrected chi connectivity index (χ2v) is 7.51. The van der Waals surface area contributed by atoms with Gasteiger partial charge in [-0.2, -0.15) is 0 Å². The molecule has 0 aliphatic rings. The lowest BCUT2D eigenvalue weighted by molar-refractivity contribution is 0.0998. The molecule has 0 fully saturated rings. The van der Waals surface area contributed by atoms with Crippen molar-refractivity contribution in [3.63, 3.8) is 0 Å². The molecule has 0 bridgehead atoms. The number of thiazole rings is 1. The second kappa shape index (κ2) is 7.07. The number of rotatable bonds is 4. The van der Waals surface area contributed by atoms with Crippen LogP contribution in [-0.2, 0) is 0 Å². The number of carbonyl (C=O) groups excluding carboxylic acids is 1. The summed E-state index contributed by atoms with van der Waals surface area (Å²) in [6.45, 7) is 0. The summed E-state index contributed by atoms with van der Waals surface area (Å²) in [5, 5.41) is 4.63. The number of nitrogens with zero attached hydrogens (tertiary/aromatic N) is 1. The Balaban J connectivity index is 1.50. The van der Waals surface area contributed by atoms with Crippen LogP contribution in [0.4, 0.5) is 5.69 Å². The number of para-hydroxylation sites is 3. The lowest BCUT2D eigenvalue weighted by Gasteiger charge is -2.08. The molecule has 1 amide bonds. The van der Waals surface area contributed by atoms with E-state index in [0.717, 1.165) is 26.2 Å². The number of fused-ring (bicyclic) bond motifs is 2. The summed E-state index contributed by atoms with van der Waals surface area (Å²) in [7, 11) is 1.57. The van der Waals surface area contributed by atoms with E-state index in [-0.39, 0.29) is 11.7 Å². The quantitative estimate of drug-likeness (QED) is 0.404. The highest BCUT2D eigenvalue weighted by molar-refractivity contribution is 7.21. The fourth-order valence-corrected chi connectivity index (χ4v) is 4.26. The summed E-state index contributed by atoms with van der Waals surface area (Å²) in [6, 6.07) is 22.9. The van der Waals surface area contributed by atoms with Gasteiger partial charge in [0.25, 0.3) is 5.91 Å². The number of methoxy groups -OCH3 is 1. The van der Waals surface area contributed by atoms with E-state index in [2.05, 4.69) is 5.32 Å². The molecule has 5 rings (SSSR count). The summed E-state index contributed by atoms with van der Waals surface area (Å²) in [5.74, 6) is 0.497. The number of furan rings is 1. The maximum absolute atomic E-state index is 12.9. The van der Waals surface area contributed by atoms with Crippen LogP contribution in [0.25, 0.3) is 31.8 Å². The van der Waals surface area contributed by atoms with Gasteiger partial charge in [-0.05, 0) is 36.4 Å². The number of amides is 1. The smallest absolute Gasteiger partial charge is 0.291 e. The zero-order valence-corrected chi connectivity index (χ0v) is 16.3. The minimum Gasteiger partial charge on any atom is -0.493 e. The van der Waals surface area contributed by atoms with Gasteiger partial charge in [0.1, 0.15) is 5.01 Å². The van der Waals surface area contributed by atoms with Gasteiger partial charge in [0.2, 0.25) is 0 Å². The highest BCUT2D eigenvalue weighted by atomic mass is 32.1. The fourth-order valence-electron chi connectivity index (χ4n) is 3.26. The van der Waals surface area contributed by atoms with Gasteiger partial charge in [0.15, 0.2) is 17.1 Å². The summed E-state index contributed by atoms with van der Waals surface area (Å²) >= 11 is 1.59. The van der Waals surface area contributed by atoms with Crippen LogP contribution in [0.3, 0.4) is 0 Å². The van der Waals surface area contributed by atoms with Crippen molar-refractivity contribution in [2.45, 2.75) is 0 Å². The van der Waals surface area contributed by atoms with Crippen LogP contribution < -0.4 is 10.1 Å². The molecule has 5 aromatic rings. The SMILES string of the molecule is COc1cccc2cc(C(=O)Nc3ccccc3-c3nc4ccccc4s3)oc12. The van der Waals surface area contributed by atoms with Crippen molar-refractivity contribution in [3.8, 4) is 16.3 Å². The van der Waals surface area contributed by atoms with E-state index >= 15 is 0 Å². The van der Waals surface area contributed by atoms with E-state index in [0.29, 0.717) is 17.0 Å². The Kier molecular flexibility index (Phi) is 4.26. The molecule has 0 spiro atoms. The largest absolute Gasteiger partial charge is 0.493 e. The van der Waals surface area contributed by atoms with Crippen molar-refractivity contribution in [1.82, 2.24) is 4.98 Å². The molecule has 29 heavy (non-hydrogen) atoms. The third kappa shape index (κ3) is 3.13. The lowest BCUT2D eigenvalue weighted by Crippen LogP contribution is -2.11. The van der Waals surface area contributed by atoms with E-state index in [9.17, 15) is 4.79 Å². The Morgan fingerprint density at radius 2 is 1.86 bits per heavy atom. The highest BCUT2D eigenvalue weighted by Gasteiger charge is 2.17. The van der Waals surface area contributed by atoms with Crippen LogP contribution >= 0.6 is 11.3 Å². The van der Waals surface area contributed by atoms with Crippen molar-refractivity contribution in [3.05, 3.63) is 78.6 Å². The van der Waals surface area contributed by atoms with Crippen molar-refractivity contribution in [2.24, 2.45) is 0 Å². The molecule has 0 unspecified atom stereocenters. The molecule has 0 atom stereocenters. The van der Waals surface area contributed by atoms with E-state index < -0.39 is 0 Å². The van der Waals surface area contributed by atoms with Crippen LogP contribution in [0, 0.1) is 0 Å². The first kappa shape index (κ1) is 17.5. The van der Waals surface area contributed by atoms with Gasteiger partial charge in [0, 0.05) is 10.9 Å². The number of aromatic nitrogens is 1. The number of nitrogens with one attached hydrogen (secondary N) is 1. The Labute approximate surface area is 170 Å². The number of ether oxygens (including phenoxy) is 1. The number of hydrogen-bond acceptors (Lipinski definition) is 5. The molecule has 0 radical (unpaired) electrons. The number of benzene rings is 3. The first-order valence-corrected chi connectivity index (χ1v) is 9.87. The molecular weight excluding hydrogens is 384 g/mol. The second-order valence-electron chi connectivity index (χ2n) is 6.48. The van der Waals surface area contributed by atoms with Crippen molar-refractivity contribution < 1.29 is 13.9 Å². The molecule has 0 aliphatic carbocycles. The molecule has 0 aliphatic heterocycles. The summed E-state index contributed by atoms with van der Waals surface area (Å²) < 4.78 is 12.2. The van der Waals surface area contributed by atoms with Crippen LogP contribution in [0.1, 0.15) is 10.6 Å². The Morgan fingerprint density at radius 1 is 1.03 bits per heavy atom. The Hall–Kier alpha value is -3.64. The van der Waals surface area contributed by atoms with Gasteiger partial charge in [-0.3, -0.25) is 4.79 Å². The first-order valence-electron chi connectivity index (χ1n) is 9.06. The molecule has 6 heteroatoms. The molecule has 142 valence electrons. The molecule has 2 heterocycles. The average molecular weight is 400 g/mol. The normalized spacial score (nSPS) is 11.1. The predicted molar refractivity (Wildman–Crippen MR) is 116 cm³/mol. The fraction of sp³-hybridized carbons (Fsp3) is 0.0435. The summed E-state index contributed by atoms with van der Waals surface area (Å²) in [5.41, 5.74) is 3.05. The topological polar surface area (TPSA) is 64.4 Å². The van der Waals surface area contributed by atoms with E-state index in [1.54, 1.807) is 30.6 Å². The zero-order valence-electron chi connectivity index (χ0n) is 15.5. The number of hydrogen-bond donors (Lipinski definition) is 1. The van der Waals surface area contributed by atoms with E-state index in [1.807, 2.05) is 60.7 Å². The monoisotopic (exact) mass is 400 g/mol. The third-order valence-electron chi connectivity index (χ3n) is 4.65. The van der Waals surface area contributed by atoms with E-state index in [1.165, 1.54) is 0 Å².